The van der Waals surface area contributed by atoms with Gasteiger partial charge in [-0.25, -0.2) is 4.79 Å². The van der Waals surface area contributed by atoms with Gasteiger partial charge in [-0.15, -0.1) is 0 Å². The Morgan fingerprint density at radius 1 is 1.67 bits per heavy atom. The molecule has 0 rings (SSSR count). The fourth-order valence-corrected chi connectivity index (χ4v) is 0. The van der Waals surface area contributed by atoms with Crippen LogP contribution in [0.25, 0.3) is 0 Å². The molecule has 0 aliphatic heterocycles. The van der Waals surface area contributed by atoms with Crippen LogP contribution in [0, 0.1) is 0 Å². The summed E-state index contributed by atoms with van der Waals surface area (Å²) in [5.41, 5.74) is 0. The van der Waals surface area contributed by atoms with Crippen molar-refractivity contribution >= 4 is 5.97 Å². The fraction of sp³-hybridized carbons (Fsp3) is 0.500. The molecule has 0 saturated heterocycles. The van der Waals surface area contributed by atoms with Gasteiger partial charge in [0, 0.05) is 21.1 Å². The third kappa shape index (κ3) is 8.92. The van der Waals surface area contributed by atoms with E-state index in [0.29, 0.717) is 0 Å². The molecule has 0 radical (unpaired) electrons. The quantitative estimate of drug-likeness (QED) is 0.502. The molecule has 0 aliphatic rings. The Labute approximate surface area is 49.2 Å². The van der Waals surface area contributed by atoms with Crippen molar-refractivity contribution in [3.63, 3.8) is 0 Å². The number of carboxylic acid groups (broad SMARTS) is 1. The summed E-state index contributed by atoms with van der Waals surface area (Å²) in [6, 6.07) is 0. The second-order valence-electron chi connectivity index (χ2n) is 0.552. The Morgan fingerprint density at radius 2 is 1.83 bits per heavy atom. The van der Waals surface area contributed by atoms with Crippen molar-refractivity contribution in [1.29, 1.82) is 0 Å². The maximum Gasteiger partial charge on any atom is 0.329 e. The molecule has 0 aromatic carbocycles. The number of rotatable bonds is 1. The molecule has 0 aliphatic carbocycles. The van der Waals surface area contributed by atoms with Crippen LogP contribution in [0.15, 0.2) is 0 Å². The molecule has 2 N–H and O–H groups in total. The van der Waals surface area contributed by atoms with Crippen LogP contribution in [0.4, 0.5) is 0 Å². The summed E-state index contributed by atoms with van der Waals surface area (Å²) in [4.78, 5) is 9.12. The standard InChI is InChI=1S/C2H4O3.Mo/c3-1-2(4)5;/h3H,1H2,(H,4,5);. The van der Waals surface area contributed by atoms with E-state index in [2.05, 4.69) is 0 Å². The smallest absolute Gasteiger partial charge is 0.329 e. The first-order chi connectivity index (χ1) is 2.27. The molecule has 3 nitrogen and oxygen atoms in total. The van der Waals surface area contributed by atoms with E-state index in [1.807, 2.05) is 0 Å². The maximum absolute atomic E-state index is 9.12. The monoisotopic (exact) mass is 174 g/mol. The predicted octanol–water partition coefficient (Wildman–Crippen LogP) is -0.939. The van der Waals surface area contributed by atoms with Crippen molar-refractivity contribution < 1.29 is 36.1 Å². The fourth-order valence-electron chi connectivity index (χ4n) is 0. The summed E-state index contributed by atoms with van der Waals surface area (Å²) in [5, 5.41) is 15.0. The van der Waals surface area contributed by atoms with Crippen molar-refractivity contribution in [2.75, 3.05) is 6.61 Å². The van der Waals surface area contributed by atoms with E-state index in [-0.39, 0.29) is 21.1 Å². The normalized spacial score (nSPS) is 6.17. The second-order valence-corrected chi connectivity index (χ2v) is 0.552. The summed E-state index contributed by atoms with van der Waals surface area (Å²) in [6.07, 6.45) is 0. The largest absolute Gasteiger partial charge is 0.480 e. The summed E-state index contributed by atoms with van der Waals surface area (Å²) in [7, 11) is 0. The van der Waals surface area contributed by atoms with Gasteiger partial charge in [-0.3, -0.25) is 0 Å². The topological polar surface area (TPSA) is 57.5 Å². The van der Waals surface area contributed by atoms with E-state index >= 15 is 0 Å². The van der Waals surface area contributed by atoms with Gasteiger partial charge in [0.1, 0.15) is 6.61 Å². The second kappa shape index (κ2) is 5.12. The Kier molecular flexibility index (Phi) is 8.06. The van der Waals surface area contributed by atoms with Crippen LogP contribution in [-0.4, -0.2) is 22.8 Å². The minimum absolute atomic E-state index is 0. The van der Waals surface area contributed by atoms with Gasteiger partial charge in [0.15, 0.2) is 0 Å². The molecule has 0 unspecified atom stereocenters. The van der Waals surface area contributed by atoms with Crippen LogP contribution < -0.4 is 0 Å². The molecule has 0 saturated carbocycles. The molecular weight excluding hydrogens is 168 g/mol. The molecule has 0 aromatic heterocycles. The Hall–Kier alpha value is 0.118. The van der Waals surface area contributed by atoms with E-state index in [0.717, 1.165) is 0 Å². The number of aliphatic carboxylic acids is 1. The molecule has 0 bridgehead atoms. The van der Waals surface area contributed by atoms with E-state index in [9.17, 15) is 0 Å². The summed E-state index contributed by atoms with van der Waals surface area (Å²) in [5.74, 6) is -1.19. The number of hydrogen-bond donors (Lipinski definition) is 2. The average molecular weight is 172 g/mol. The summed E-state index contributed by atoms with van der Waals surface area (Å²) in [6.45, 7) is -0.778. The van der Waals surface area contributed by atoms with Gasteiger partial charge < -0.3 is 10.2 Å². The number of aliphatic hydroxyl groups excluding tert-OH is 1. The van der Waals surface area contributed by atoms with Crippen molar-refractivity contribution in [1.82, 2.24) is 0 Å². The zero-order valence-electron chi connectivity index (χ0n) is 2.92. The zero-order chi connectivity index (χ0) is 4.28. The van der Waals surface area contributed by atoms with Crippen molar-refractivity contribution in [2.45, 2.75) is 0 Å². The van der Waals surface area contributed by atoms with Gasteiger partial charge in [0.05, 0.1) is 0 Å². The van der Waals surface area contributed by atoms with E-state index in [4.69, 9.17) is 15.0 Å². The van der Waals surface area contributed by atoms with Crippen LogP contribution in [0.3, 0.4) is 0 Å². The first-order valence-electron chi connectivity index (χ1n) is 1.10. The third-order valence-electron chi connectivity index (χ3n) is 0.135. The molecule has 0 spiro atoms. The van der Waals surface area contributed by atoms with Crippen molar-refractivity contribution in [3.8, 4) is 0 Å². The Balaban J connectivity index is 0. The SMILES string of the molecule is O=C(O)CO.[Mo]. The summed E-state index contributed by atoms with van der Waals surface area (Å²) < 4.78 is 0. The number of aliphatic hydroxyl groups is 1. The van der Waals surface area contributed by atoms with Crippen LogP contribution in [0.2, 0.25) is 0 Å². The van der Waals surface area contributed by atoms with Crippen LogP contribution in [0.1, 0.15) is 0 Å². The van der Waals surface area contributed by atoms with Crippen molar-refractivity contribution in [2.24, 2.45) is 0 Å². The van der Waals surface area contributed by atoms with Gasteiger partial charge in [0.2, 0.25) is 0 Å². The molecule has 0 fully saturated rings. The maximum atomic E-state index is 9.12. The van der Waals surface area contributed by atoms with Crippen molar-refractivity contribution in [3.05, 3.63) is 0 Å². The number of carbonyl (C=O) groups is 1. The molecule has 0 amide bonds. The number of carboxylic acids is 1. The van der Waals surface area contributed by atoms with Crippen LogP contribution in [0.5, 0.6) is 0 Å². The average Bonchev–Trinajstić information content (AvgIpc) is 1.38. The third-order valence-corrected chi connectivity index (χ3v) is 0.135. The molecule has 0 heterocycles. The molecule has 0 aromatic rings. The minimum Gasteiger partial charge on any atom is -0.480 e. The Morgan fingerprint density at radius 3 is 1.83 bits per heavy atom. The minimum atomic E-state index is -1.19. The first-order valence-corrected chi connectivity index (χ1v) is 1.10. The van der Waals surface area contributed by atoms with E-state index < -0.39 is 12.6 Å². The molecule has 0 atom stereocenters. The van der Waals surface area contributed by atoms with Gasteiger partial charge in [0.25, 0.3) is 0 Å². The molecule has 6 heavy (non-hydrogen) atoms. The molecule has 4 heteroatoms. The van der Waals surface area contributed by atoms with Gasteiger partial charge in [-0.2, -0.15) is 0 Å². The zero-order valence-corrected chi connectivity index (χ0v) is 4.93. The Bertz CT molecular complexity index is 44.1. The summed E-state index contributed by atoms with van der Waals surface area (Å²) >= 11 is 0. The van der Waals surface area contributed by atoms with E-state index in [1.165, 1.54) is 0 Å². The first kappa shape index (κ1) is 9.45. The number of hydrogen-bond acceptors (Lipinski definition) is 2. The van der Waals surface area contributed by atoms with Crippen LogP contribution in [-0.2, 0) is 25.9 Å². The van der Waals surface area contributed by atoms with Crippen LogP contribution >= 0.6 is 0 Å². The predicted molar refractivity (Wildman–Crippen MR) is 14.7 cm³/mol. The van der Waals surface area contributed by atoms with E-state index in [1.54, 1.807) is 0 Å². The van der Waals surface area contributed by atoms with Gasteiger partial charge >= 0.3 is 5.97 Å². The van der Waals surface area contributed by atoms with Gasteiger partial charge in [-0.1, -0.05) is 0 Å². The molecule has 36 valence electrons. The van der Waals surface area contributed by atoms with Gasteiger partial charge in [-0.05, 0) is 0 Å². The molecular formula is C2H4MoO3.